The number of hydrogen-bond acceptors (Lipinski definition) is 5. The lowest BCUT2D eigenvalue weighted by atomic mass is 10.1. The molecule has 8 heteroatoms. The molecule has 0 unspecified atom stereocenters. The summed E-state index contributed by atoms with van der Waals surface area (Å²) >= 11 is 6.06. The first-order chi connectivity index (χ1) is 14.9. The summed E-state index contributed by atoms with van der Waals surface area (Å²) < 4.78 is 24.0. The van der Waals surface area contributed by atoms with Gasteiger partial charge in [0.1, 0.15) is 23.9 Å². The van der Waals surface area contributed by atoms with Crippen LogP contribution in [0.25, 0.3) is 6.08 Å². The molecule has 0 atom stereocenters. The first kappa shape index (κ1) is 22.0. The second-order valence-corrected chi connectivity index (χ2v) is 6.84. The third kappa shape index (κ3) is 5.67. The maximum atomic E-state index is 13.0. The Labute approximate surface area is 182 Å². The van der Waals surface area contributed by atoms with Crippen LogP contribution in [0.5, 0.6) is 11.5 Å². The first-order valence-electron chi connectivity index (χ1n) is 9.09. The van der Waals surface area contributed by atoms with Crippen LogP contribution in [0, 0.1) is 15.9 Å². The van der Waals surface area contributed by atoms with Crippen LogP contribution in [0.3, 0.4) is 0 Å². The molecule has 31 heavy (non-hydrogen) atoms. The molecule has 0 saturated heterocycles. The van der Waals surface area contributed by atoms with E-state index in [9.17, 15) is 19.3 Å². The van der Waals surface area contributed by atoms with Crippen molar-refractivity contribution in [2.24, 2.45) is 0 Å². The van der Waals surface area contributed by atoms with Crippen molar-refractivity contribution < 1.29 is 23.6 Å². The number of non-ortho nitro benzene ring substituents is 1. The number of nitrogens with zero attached hydrogens (tertiary/aromatic N) is 1. The van der Waals surface area contributed by atoms with Gasteiger partial charge in [0.2, 0.25) is 0 Å². The molecule has 0 radical (unpaired) electrons. The lowest BCUT2D eigenvalue weighted by Gasteiger charge is -2.12. The van der Waals surface area contributed by atoms with Crippen molar-refractivity contribution in [2.75, 3.05) is 7.11 Å². The summed E-state index contributed by atoms with van der Waals surface area (Å²) in [6.07, 6.45) is 3.03. The average molecular weight is 442 g/mol. The quantitative estimate of drug-likeness (QED) is 0.189. The van der Waals surface area contributed by atoms with Crippen LogP contribution < -0.4 is 9.47 Å². The number of nitro benzene ring substituents is 1. The molecule has 0 aromatic heterocycles. The number of methoxy groups -OCH3 is 1. The number of benzene rings is 3. The lowest BCUT2D eigenvalue weighted by Crippen LogP contribution is -2.00. The van der Waals surface area contributed by atoms with Gasteiger partial charge in [-0.15, -0.1) is 0 Å². The van der Waals surface area contributed by atoms with Gasteiger partial charge < -0.3 is 9.47 Å². The number of ether oxygens (including phenoxy) is 2. The summed E-state index contributed by atoms with van der Waals surface area (Å²) in [4.78, 5) is 22.5. The molecule has 0 amide bonds. The van der Waals surface area contributed by atoms with Gasteiger partial charge in [-0.05, 0) is 54.1 Å². The predicted octanol–water partition coefficient (Wildman–Crippen LogP) is 5.87. The molecule has 158 valence electrons. The summed E-state index contributed by atoms with van der Waals surface area (Å²) in [6, 6.07) is 14.5. The summed E-state index contributed by atoms with van der Waals surface area (Å²) in [6.45, 7) is 0.0916. The molecule has 0 heterocycles. The van der Waals surface area contributed by atoms with Gasteiger partial charge in [-0.1, -0.05) is 23.7 Å². The van der Waals surface area contributed by atoms with Gasteiger partial charge in [-0.3, -0.25) is 14.9 Å². The molecule has 0 aliphatic rings. The molecule has 0 spiro atoms. The number of halogens is 2. The van der Waals surface area contributed by atoms with Crippen LogP contribution in [-0.4, -0.2) is 17.8 Å². The SMILES string of the molecule is COc1ccc(/C=C/C(=O)c2ccc(F)cc2)cc1COc1ccc([N+](=O)[O-])cc1Cl. The number of carbonyl (C=O) groups excluding carboxylic acids is 1. The van der Waals surface area contributed by atoms with E-state index in [1.54, 1.807) is 24.3 Å². The van der Waals surface area contributed by atoms with Crippen LogP contribution in [0.2, 0.25) is 5.02 Å². The van der Waals surface area contributed by atoms with E-state index in [1.807, 2.05) is 0 Å². The molecule has 0 aliphatic heterocycles. The maximum Gasteiger partial charge on any atom is 0.271 e. The van der Waals surface area contributed by atoms with Crippen molar-refractivity contribution in [1.82, 2.24) is 0 Å². The van der Waals surface area contributed by atoms with Crippen LogP contribution in [0.1, 0.15) is 21.5 Å². The molecular formula is C23H17ClFNO5. The molecule has 0 fully saturated rings. The van der Waals surface area contributed by atoms with Crippen LogP contribution in [0.4, 0.5) is 10.1 Å². The van der Waals surface area contributed by atoms with Crippen molar-refractivity contribution in [3.63, 3.8) is 0 Å². The Balaban J connectivity index is 1.75. The van der Waals surface area contributed by atoms with Gasteiger partial charge >= 0.3 is 0 Å². The maximum absolute atomic E-state index is 13.0. The molecule has 0 saturated carbocycles. The molecule has 3 aromatic carbocycles. The van der Waals surface area contributed by atoms with Gasteiger partial charge in [0.15, 0.2) is 5.78 Å². The summed E-state index contributed by atoms with van der Waals surface area (Å²) in [5.74, 6) is 0.196. The molecule has 3 aromatic rings. The Bertz CT molecular complexity index is 1150. The van der Waals surface area contributed by atoms with Gasteiger partial charge in [-0.2, -0.15) is 0 Å². The van der Waals surface area contributed by atoms with Gasteiger partial charge in [-0.25, -0.2) is 4.39 Å². The standard InChI is InChI=1S/C23H17ClFNO5/c1-30-22-10-3-15(2-9-21(27)16-4-6-18(25)7-5-16)12-17(22)14-31-23-11-8-19(26(28)29)13-20(23)24/h2-13H,14H2,1H3/b9-2+. The van der Waals surface area contributed by atoms with Crippen molar-refractivity contribution in [2.45, 2.75) is 6.61 Å². The highest BCUT2D eigenvalue weighted by molar-refractivity contribution is 6.32. The molecular weight excluding hydrogens is 425 g/mol. The van der Waals surface area contributed by atoms with Crippen LogP contribution >= 0.6 is 11.6 Å². The number of rotatable bonds is 8. The fourth-order valence-corrected chi connectivity index (χ4v) is 3.00. The Morgan fingerprint density at radius 2 is 1.81 bits per heavy atom. The number of allylic oxidation sites excluding steroid dienone is 1. The Hall–Kier alpha value is -3.71. The minimum Gasteiger partial charge on any atom is -0.496 e. The summed E-state index contributed by atoms with van der Waals surface area (Å²) in [5.41, 5.74) is 1.66. The van der Waals surface area contributed by atoms with E-state index in [1.165, 1.54) is 55.7 Å². The minimum atomic E-state index is -0.540. The van der Waals surface area contributed by atoms with Crippen molar-refractivity contribution in [3.05, 3.63) is 104 Å². The van der Waals surface area contributed by atoms with Crippen LogP contribution in [0.15, 0.2) is 66.7 Å². The van der Waals surface area contributed by atoms with E-state index in [-0.39, 0.29) is 23.1 Å². The van der Waals surface area contributed by atoms with E-state index in [4.69, 9.17) is 21.1 Å². The average Bonchev–Trinajstić information content (AvgIpc) is 2.77. The van der Waals surface area contributed by atoms with E-state index in [0.717, 1.165) is 5.56 Å². The Morgan fingerprint density at radius 1 is 1.10 bits per heavy atom. The third-order valence-corrected chi connectivity index (χ3v) is 4.67. The number of nitro groups is 1. The van der Waals surface area contributed by atoms with E-state index in [2.05, 4.69) is 0 Å². The largest absolute Gasteiger partial charge is 0.496 e. The van der Waals surface area contributed by atoms with Crippen LogP contribution in [-0.2, 0) is 6.61 Å². The fraction of sp³-hybridized carbons (Fsp3) is 0.0870. The smallest absolute Gasteiger partial charge is 0.271 e. The predicted molar refractivity (Wildman–Crippen MR) is 115 cm³/mol. The van der Waals surface area contributed by atoms with Crippen molar-refractivity contribution in [3.8, 4) is 11.5 Å². The first-order valence-corrected chi connectivity index (χ1v) is 9.47. The van der Waals surface area contributed by atoms with Crippen molar-refractivity contribution in [1.29, 1.82) is 0 Å². The number of ketones is 1. The molecule has 0 aliphatic carbocycles. The topological polar surface area (TPSA) is 78.7 Å². The second kappa shape index (κ2) is 9.86. The highest BCUT2D eigenvalue weighted by Gasteiger charge is 2.12. The number of carbonyl (C=O) groups is 1. The zero-order chi connectivity index (χ0) is 22.4. The van der Waals surface area contributed by atoms with Crippen molar-refractivity contribution >= 4 is 29.1 Å². The van der Waals surface area contributed by atoms with E-state index >= 15 is 0 Å². The molecule has 0 N–H and O–H groups in total. The number of hydrogen-bond donors (Lipinski definition) is 0. The fourth-order valence-electron chi connectivity index (χ4n) is 2.77. The zero-order valence-corrected chi connectivity index (χ0v) is 17.1. The normalized spacial score (nSPS) is 10.8. The van der Waals surface area contributed by atoms with Gasteiger partial charge in [0.05, 0.1) is 17.1 Å². The zero-order valence-electron chi connectivity index (χ0n) is 16.4. The minimum absolute atomic E-state index is 0.0916. The Kier molecular flexibility index (Phi) is 6.99. The molecule has 3 rings (SSSR count). The highest BCUT2D eigenvalue weighted by atomic mass is 35.5. The lowest BCUT2D eigenvalue weighted by molar-refractivity contribution is -0.384. The van der Waals surface area contributed by atoms with E-state index in [0.29, 0.717) is 22.6 Å². The van der Waals surface area contributed by atoms with E-state index < -0.39 is 10.7 Å². The monoisotopic (exact) mass is 441 g/mol. The second-order valence-electron chi connectivity index (χ2n) is 6.44. The third-order valence-electron chi connectivity index (χ3n) is 4.37. The molecule has 0 bridgehead atoms. The summed E-state index contributed by atoms with van der Waals surface area (Å²) in [5, 5.41) is 10.9. The summed E-state index contributed by atoms with van der Waals surface area (Å²) in [7, 11) is 1.52. The highest BCUT2D eigenvalue weighted by Crippen LogP contribution is 2.30. The Morgan fingerprint density at radius 3 is 2.45 bits per heavy atom. The molecule has 6 nitrogen and oxygen atoms in total. The van der Waals surface area contributed by atoms with Gasteiger partial charge in [0, 0.05) is 23.3 Å². The van der Waals surface area contributed by atoms with Gasteiger partial charge in [0.25, 0.3) is 5.69 Å².